The molecule has 0 spiro atoms. The fraction of sp³-hybridized carbons (Fsp3) is 0.0952. The van der Waals surface area contributed by atoms with E-state index < -0.39 is 0 Å². The van der Waals surface area contributed by atoms with Crippen molar-refractivity contribution < 1.29 is 4.79 Å². The van der Waals surface area contributed by atoms with Crippen LogP contribution in [0.1, 0.15) is 5.56 Å². The van der Waals surface area contributed by atoms with E-state index in [1.165, 1.54) is 23.1 Å². The number of carbonyl (C=O) groups is 1. The van der Waals surface area contributed by atoms with Gasteiger partial charge in [0.1, 0.15) is 0 Å². The van der Waals surface area contributed by atoms with Crippen LogP contribution < -0.4 is 5.32 Å². The number of amides is 1. The van der Waals surface area contributed by atoms with E-state index in [0.717, 1.165) is 32.7 Å². The second-order valence-corrected chi connectivity index (χ2v) is 7.89. The van der Waals surface area contributed by atoms with Crippen molar-refractivity contribution in [1.29, 1.82) is 0 Å². The number of fused-ring (bicyclic) bond motifs is 1. The second kappa shape index (κ2) is 7.90. The zero-order valence-corrected chi connectivity index (χ0v) is 16.3. The van der Waals surface area contributed by atoms with Crippen molar-refractivity contribution in [2.45, 2.75) is 11.9 Å². The molecule has 0 saturated carbocycles. The van der Waals surface area contributed by atoms with Gasteiger partial charge >= 0.3 is 0 Å². The van der Waals surface area contributed by atoms with E-state index in [9.17, 15) is 4.79 Å². The maximum Gasteiger partial charge on any atom is 0.236 e. The van der Waals surface area contributed by atoms with Crippen molar-refractivity contribution >= 4 is 45.0 Å². The van der Waals surface area contributed by atoms with Crippen molar-refractivity contribution in [2.75, 3.05) is 11.1 Å². The minimum atomic E-state index is -0.0819. The second-order valence-electron chi connectivity index (χ2n) is 6.04. The first-order valence-corrected chi connectivity index (χ1v) is 10.4. The first kappa shape index (κ1) is 17.7. The number of rotatable bonds is 5. The molecule has 1 N–H and O–H groups in total. The van der Waals surface area contributed by atoms with Crippen LogP contribution in [0.2, 0.25) is 0 Å². The number of thioether (sulfide) groups is 1. The molecule has 27 heavy (non-hydrogen) atoms. The topological polar surface area (TPSA) is 54.9 Å². The van der Waals surface area contributed by atoms with E-state index in [0.29, 0.717) is 10.9 Å². The van der Waals surface area contributed by atoms with E-state index in [1.54, 1.807) is 0 Å². The van der Waals surface area contributed by atoms with Crippen LogP contribution >= 0.6 is 23.1 Å². The molecule has 2 aromatic heterocycles. The molecule has 4 nitrogen and oxygen atoms in total. The molecule has 6 heteroatoms. The van der Waals surface area contributed by atoms with Crippen LogP contribution in [0.3, 0.4) is 0 Å². The Morgan fingerprint density at radius 1 is 1.07 bits per heavy atom. The number of nitrogens with zero attached hydrogens (tertiary/aromatic N) is 2. The van der Waals surface area contributed by atoms with E-state index in [2.05, 4.69) is 28.3 Å². The third-order valence-corrected chi connectivity index (χ3v) is 5.74. The number of pyridine rings is 1. The third-order valence-electron chi connectivity index (χ3n) is 4.07. The molecule has 0 atom stereocenters. The summed E-state index contributed by atoms with van der Waals surface area (Å²) in [7, 11) is 0. The standard InChI is InChI=1S/C21H17N3OS2/c1-14-11-20(22-17-10-6-5-9-16(14)17)26-13-19(25)24-21-23-18(12-27-21)15-7-3-2-4-8-15/h2-12H,13H2,1H3,(H,23,24,25). The molecular formula is C21H17N3OS2. The summed E-state index contributed by atoms with van der Waals surface area (Å²) in [5.41, 5.74) is 4.03. The number of nitrogens with one attached hydrogen (secondary N) is 1. The zero-order valence-electron chi connectivity index (χ0n) is 14.7. The van der Waals surface area contributed by atoms with Crippen LogP contribution in [-0.4, -0.2) is 21.6 Å². The van der Waals surface area contributed by atoms with Crippen LogP contribution in [0, 0.1) is 6.92 Å². The molecule has 0 bridgehead atoms. The lowest BCUT2D eigenvalue weighted by Crippen LogP contribution is -2.13. The number of hydrogen-bond acceptors (Lipinski definition) is 5. The summed E-state index contributed by atoms with van der Waals surface area (Å²) in [6.45, 7) is 2.06. The summed E-state index contributed by atoms with van der Waals surface area (Å²) in [6, 6.07) is 20.0. The summed E-state index contributed by atoms with van der Waals surface area (Å²) >= 11 is 2.86. The van der Waals surface area contributed by atoms with Crippen molar-refractivity contribution in [3.63, 3.8) is 0 Å². The fourth-order valence-electron chi connectivity index (χ4n) is 2.76. The average Bonchev–Trinajstić information content (AvgIpc) is 3.16. The van der Waals surface area contributed by atoms with Gasteiger partial charge in [0.25, 0.3) is 0 Å². The predicted molar refractivity (Wildman–Crippen MR) is 113 cm³/mol. The molecule has 4 rings (SSSR count). The first-order chi connectivity index (χ1) is 13.2. The molecule has 1 amide bonds. The Hall–Kier alpha value is -2.70. The molecular weight excluding hydrogens is 374 g/mol. The van der Waals surface area contributed by atoms with Crippen LogP contribution in [0.25, 0.3) is 22.2 Å². The molecule has 134 valence electrons. The van der Waals surface area contributed by atoms with E-state index >= 15 is 0 Å². The van der Waals surface area contributed by atoms with Gasteiger partial charge in [0, 0.05) is 16.3 Å². The number of aromatic nitrogens is 2. The number of para-hydroxylation sites is 1. The molecule has 0 aliphatic carbocycles. The van der Waals surface area contributed by atoms with Gasteiger partial charge in [0.2, 0.25) is 5.91 Å². The van der Waals surface area contributed by atoms with Crippen LogP contribution in [0.4, 0.5) is 5.13 Å². The number of benzene rings is 2. The highest BCUT2D eigenvalue weighted by molar-refractivity contribution is 7.99. The summed E-state index contributed by atoms with van der Waals surface area (Å²) in [4.78, 5) is 21.4. The number of anilines is 1. The molecule has 0 radical (unpaired) electrons. The molecule has 0 aliphatic rings. The number of carbonyl (C=O) groups excluding carboxylic acids is 1. The van der Waals surface area contributed by atoms with Crippen molar-refractivity contribution in [1.82, 2.24) is 9.97 Å². The van der Waals surface area contributed by atoms with Gasteiger partial charge in [0.15, 0.2) is 5.13 Å². The molecule has 4 aromatic rings. The van der Waals surface area contributed by atoms with Crippen molar-refractivity contribution in [3.05, 3.63) is 71.6 Å². The monoisotopic (exact) mass is 391 g/mol. The van der Waals surface area contributed by atoms with E-state index in [-0.39, 0.29) is 5.91 Å². The first-order valence-electron chi connectivity index (χ1n) is 8.49. The lowest BCUT2D eigenvalue weighted by molar-refractivity contribution is -0.113. The zero-order chi connectivity index (χ0) is 18.6. The van der Waals surface area contributed by atoms with Crippen LogP contribution in [0.15, 0.2) is 71.1 Å². The molecule has 0 aliphatic heterocycles. The molecule has 0 fully saturated rings. The maximum absolute atomic E-state index is 12.3. The molecule has 2 aromatic carbocycles. The third kappa shape index (κ3) is 4.18. The largest absolute Gasteiger partial charge is 0.301 e. The molecule has 0 saturated heterocycles. The predicted octanol–water partition coefficient (Wildman–Crippen LogP) is 5.40. The van der Waals surface area contributed by atoms with Crippen LogP contribution in [0.5, 0.6) is 0 Å². The van der Waals surface area contributed by atoms with E-state index in [4.69, 9.17) is 0 Å². The smallest absolute Gasteiger partial charge is 0.236 e. The summed E-state index contributed by atoms with van der Waals surface area (Å²) in [5.74, 6) is 0.215. The Morgan fingerprint density at radius 3 is 2.70 bits per heavy atom. The SMILES string of the molecule is Cc1cc(SCC(=O)Nc2nc(-c3ccccc3)cs2)nc2ccccc12. The molecule has 0 unspecified atom stereocenters. The molecule has 2 heterocycles. The summed E-state index contributed by atoms with van der Waals surface area (Å²) in [5, 5.41) is 7.43. The minimum Gasteiger partial charge on any atom is -0.301 e. The van der Waals surface area contributed by atoms with Crippen molar-refractivity contribution in [2.24, 2.45) is 0 Å². The van der Waals surface area contributed by atoms with Gasteiger partial charge < -0.3 is 5.32 Å². The van der Waals surface area contributed by atoms with Crippen LogP contribution in [-0.2, 0) is 4.79 Å². The number of hydrogen-bond donors (Lipinski definition) is 1. The Balaban J connectivity index is 1.40. The van der Waals surface area contributed by atoms with Gasteiger partial charge in [0.05, 0.1) is 22.0 Å². The number of thiazole rings is 1. The van der Waals surface area contributed by atoms with E-state index in [1.807, 2.05) is 60.0 Å². The highest BCUT2D eigenvalue weighted by Gasteiger charge is 2.10. The van der Waals surface area contributed by atoms with Gasteiger partial charge in [-0.1, -0.05) is 60.3 Å². The Bertz CT molecular complexity index is 1090. The maximum atomic E-state index is 12.3. The lowest BCUT2D eigenvalue weighted by atomic mass is 10.1. The normalized spacial score (nSPS) is 10.9. The Kier molecular flexibility index (Phi) is 5.18. The summed E-state index contributed by atoms with van der Waals surface area (Å²) < 4.78 is 0. The minimum absolute atomic E-state index is 0.0819. The Labute approximate surface area is 165 Å². The van der Waals surface area contributed by atoms with Gasteiger partial charge in [-0.25, -0.2) is 9.97 Å². The van der Waals surface area contributed by atoms with Crippen molar-refractivity contribution in [3.8, 4) is 11.3 Å². The van der Waals surface area contributed by atoms with Gasteiger partial charge in [-0.15, -0.1) is 11.3 Å². The van der Waals surface area contributed by atoms with Gasteiger partial charge in [-0.2, -0.15) is 0 Å². The highest BCUT2D eigenvalue weighted by Crippen LogP contribution is 2.26. The fourth-order valence-corrected chi connectivity index (χ4v) is 4.27. The average molecular weight is 392 g/mol. The Morgan fingerprint density at radius 2 is 1.85 bits per heavy atom. The quantitative estimate of drug-likeness (QED) is 0.463. The lowest BCUT2D eigenvalue weighted by Gasteiger charge is -2.06. The van der Waals surface area contributed by atoms with Gasteiger partial charge in [-0.3, -0.25) is 4.79 Å². The number of aryl methyl sites for hydroxylation is 1. The highest BCUT2D eigenvalue weighted by atomic mass is 32.2. The summed E-state index contributed by atoms with van der Waals surface area (Å²) in [6.07, 6.45) is 0. The van der Waals surface area contributed by atoms with Gasteiger partial charge in [-0.05, 0) is 24.6 Å².